The Kier molecular flexibility index (Phi) is 5.10. The highest BCUT2D eigenvalue weighted by atomic mass is 32.2. The van der Waals surface area contributed by atoms with Crippen LogP contribution in [0.15, 0.2) is 91.4 Å². The van der Waals surface area contributed by atoms with Crippen LogP contribution in [0.5, 0.6) is 0 Å². The number of nitrogens with zero attached hydrogens (tertiary/aromatic N) is 2. The summed E-state index contributed by atoms with van der Waals surface area (Å²) in [4.78, 5) is 0.134. The van der Waals surface area contributed by atoms with Gasteiger partial charge in [-0.3, -0.25) is 0 Å². The maximum absolute atomic E-state index is 13.1. The van der Waals surface area contributed by atoms with Gasteiger partial charge in [-0.2, -0.15) is 25.6 Å². The van der Waals surface area contributed by atoms with Crippen LogP contribution in [-0.2, 0) is 20.0 Å². The molecule has 0 aliphatic heterocycles. The van der Waals surface area contributed by atoms with Crippen LogP contribution in [0.3, 0.4) is 0 Å². The van der Waals surface area contributed by atoms with Crippen molar-refractivity contribution in [3.05, 3.63) is 95.1 Å². The van der Waals surface area contributed by atoms with Crippen molar-refractivity contribution in [1.82, 2.24) is 0 Å². The van der Waals surface area contributed by atoms with E-state index < -0.39 is 20.0 Å². The molecule has 2 aliphatic carbocycles. The fraction of sp³-hybridized carbons (Fsp3) is 0.200. The SMILES string of the molecule is Cc1ccc(S(=O)(=O)/N=C2/C(=N/S(=O)(=O)c3ccc(C)cc3)[C@@H]3C[C@H]2c2ccccc23)cc1. The van der Waals surface area contributed by atoms with Crippen molar-refractivity contribution in [1.29, 1.82) is 0 Å². The van der Waals surface area contributed by atoms with Crippen LogP contribution in [0, 0.1) is 13.8 Å². The largest absolute Gasteiger partial charge is 0.282 e. The van der Waals surface area contributed by atoms with E-state index in [0.717, 1.165) is 22.3 Å². The normalized spacial score (nSPS) is 22.1. The molecule has 0 N–H and O–H groups in total. The Bertz CT molecular complexity index is 1400. The molecule has 168 valence electrons. The van der Waals surface area contributed by atoms with Crippen molar-refractivity contribution in [3.8, 4) is 0 Å². The molecule has 0 amide bonds. The van der Waals surface area contributed by atoms with Gasteiger partial charge in [0.1, 0.15) is 0 Å². The number of aryl methyl sites for hydroxylation is 2. The molecule has 1 fully saturated rings. The first-order valence-corrected chi connectivity index (χ1v) is 13.5. The molecule has 0 spiro atoms. The minimum atomic E-state index is -4.03. The second-order valence-corrected chi connectivity index (χ2v) is 11.7. The first-order chi connectivity index (χ1) is 15.7. The summed E-state index contributed by atoms with van der Waals surface area (Å²) in [5, 5.41) is 0. The highest BCUT2D eigenvalue weighted by Crippen LogP contribution is 2.50. The van der Waals surface area contributed by atoms with Gasteiger partial charge >= 0.3 is 0 Å². The van der Waals surface area contributed by atoms with Gasteiger partial charge in [0.2, 0.25) is 0 Å². The lowest BCUT2D eigenvalue weighted by Crippen LogP contribution is -2.24. The molecule has 3 aromatic carbocycles. The van der Waals surface area contributed by atoms with E-state index in [4.69, 9.17) is 0 Å². The van der Waals surface area contributed by atoms with Crippen LogP contribution in [-0.4, -0.2) is 28.3 Å². The Hall–Kier alpha value is -3.10. The average molecular weight is 479 g/mol. The summed E-state index contributed by atoms with van der Waals surface area (Å²) in [6.45, 7) is 3.74. The molecular weight excluding hydrogens is 456 g/mol. The first-order valence-electron chi connectivity index (χ1n) is 10.6. The highest BCUT2D eigenvalue weighted by molar-refractivity contribution is 7.91. The van der Waals surface area contributed by atoms with Crippen molar-refractivity contribution in [2.45, 2.75) is 41.9 Å². The number of benzene rings is 3. The van der Waals surface area contributed by atoms with Gasteiger partial charge in [0.15, 0.2) is 0 Å². The van der Waals surface area contributed by atoms with Crippen molar-refractivity contribution < 1.29 is 16.8 Å². The Morgan fingerprint density at radius 3 is 1.33 bits per heavy atom. The van der Waals surface area contributed by atoms with Crippen molar-refractivity contribution in [2.75, 3.05) is 0 Å². The third kappa shape index (κ3) is 3.83. The lowest BCUT2D eigenvalue weighted by Gasteiger charge is -2.19. The van der Waals surface area contributed by atoms with Gasteiger partial charge in [-0.25, -0.2) is 0 Å². The Balaban J connectivity index is 1.67. The monoisotopic (exact) mass is 478 g/mol. The van der Waals surface area contributed by atoms with E-state index in [2.05, 4.69) is 8.80 Å². The molecule has 0 saturated heterocycles. The van der Waals surface area contributed by atoms with E-state index >= 15 is 0 Å². The molecule has 1 saturated carbocycles. The quantitative estimate of drug-likeness (QED) is 0.550. The van der Waals surface area contributed by atoms with E-state index in [0.29, 0.717) is 6.42 Å². The number of fused-ring (bicyclic) bond motifs is 5. The van der Waals surface area contributed by atoms with Crippen LogP contribution in [0.4, 0.5) is 0 Å². The predicted octanol–water partition coefficient (Wildman–Crippen LogP) is 4.55. The van der Waals surface area contributed by atoms with E-state index in [1.54, 1.807) is 24.3 Å². The maximum atomic E-state index is 13.1. The summed E-state index contributed by atoms with van der Waals surface area (Å²) in [7, 11) is -8.06. The van der Waals surface area contributed by atoms with Crippen LogP contribution < -0.4 is 0 Å². The van der Waals surface area contributed by atoms with Crippen molar-refractivity contribution in [3.63, 3.8) is 0 Å². The number of hydrogen-bond donors (Lipinski definition) is 0. The number of sulfonamides is 2. The van der Waals surface area contributed by atoms with E-state index in [1.807, 2.05) is 38.1 Å². The van der Waals surface area contributed by atoms with Gasteiger partial charge in [0.05, 0.1) is 21.2 Å². The summed E-state index contributed by atoms with van der Waals surface area (Å²) in [5.74, 6) is -0.614. The third-order valence-corrected chi connectivity index (χ3v) is 8.83. The van der Waals surface area contributed by atoms with Crippen LogP contribution >= 0.6 is 0 Å². The van der Waals surface area contributed by atoms with Gasteiger partial charge in [0, 0.05) is 11.8 Å². The lowest BCUT2D eigenvalue weighted by atomic mass is 9.89. The topological polar surface area (TPSA) is 93.0 Å². The second kappa shape index (κ2) is 7.74. The van der Waals surface area contributed by atoms with Crippen LogP contribution in [0.25, 0.3) is 0 Å². The minimum absolute atomic E-state index is 0.0670. The lowest BCUT2D eigenvalue weighted by molar-refractivity contribution is 0.595. The van der Waals surface area contributed by atoms with Gasteiger partial charge in [0.25, 0.3) is 20.0 Å². The molecular formula is C25H22N2O4S2. The average Bonchev–Trinajstić information content (AvgIpc) is 3.31. The summed E-state index contributed by atoms with van der Waals surface area (Å²) >= 11 is 0. The predicted molar refractivity (Wildman–Crippen MR) is 128 cm³/mol. The summed E-state index contributed by atoms with van der Waals surface area (Å²) in [6.07, 6.45) is 0.559. The molecule has 2 bridgehead atoms. The molecule has 33 heavy (non-hydrogen) atoms. The van der Waals surface area contributed by atoms with Gasteiger partial charge in [-0.15, -0.1) is 0 Å². The smallest absolute Gasteiger partial charge is 0.199 e. The molecule has 0 unspecified atom stereocenters. The minimum Gasteiger partial charge on any atom is -0.199 e. The van der Waals surface area contributed by atoms with Crippen LogP contribution in [0.2, 0.25) is 0 Å². The Morgan fingerprint density at radius 2 is 0.970 bits per heavy atom. The molecule has 2 atom stereocenters. The molecule has 6 nitrogen and oxygen atoms in total. The Morgan fingerprint density at radius 1 is 0.606 bits per heavy atom. The van der Waals surface area contributed by atoms with Gasteiger partial charge < -0.3 is 0 Å². The van der Waals surface area contributed by atoms with Gasteiger partial charge in [-0.1, -0.05) is 59.7 Å². The molecule has 0 heterocycles. The highest BCUT2D eigenvalue weighted by Gasteiger charge is 2.48. The molecule has 0 aromatic heterocycles. The van der Waals surface area contributed by atoms with E-state index in [9.17, 15) is 16.8 Å². The van der Waals surface area contributed by atoms with Gasteiger partial charge in [-0.05, 0) is 55.7 Å². The summed E-state index contributed by atoms with van der Waals surface area (Å²) in [5.41, 5.74) is 4.26. The van der Waals surface area contributed by atoms with E-state index in [-0.39, 0.29) is 33.1 Å². The first kappa shape index (κ1) is 21.7. The molecule has 8 heteroatoms. The maximum Gasteiger partial charge on any atom is 0.282 e. The fourth-order valence-corrected chi connectivity index (χ4v) is 6.65. The second-order valence-electron chi connectivity index (χ2n) is 8.50. The molecule has 0 radical (unpaired) electrons. The zero-order valence-corrected chi connectivity index (χ0v) is 19.8. The van der Waals surface area contributed by atoms with Crippen molar-refractivity contribution >= 4 is 31.5 Å². The third-order valence-electron chi connectivity index (χ3n) is 6.22. The summed E-state index contributed by atoms with van der Waals surface area (Å²) < 4.78 is 60.8. The molecule has 2 aliphatic rings. The fourth-order valence-electron chi connectivity index (χ4n) is 4.52. The standard InChI is InChI=1S/C25H22N2O4S2/c1-16-7-11-18(12-8-16)32(28,29)26-24-22-15-23(21-6-4-3-5-20(21)22)25(24)27-33(30,31)19-13-9-17(2)10-14-19/h3-14,22-23H,15H2,1-2H3/b26-24+,27-25+/t22-,23+. The molecule has 5 rings (SSSR count). The van der Waals surface area contributed by atoms with Crippen molar-refractivity contribution in [2.24, 2.45) is 8.80 Å². The number of hydrogen-bond acceptors (Lipinski definition) is 4. The van der Waals surface area contributed by atoms with E-state index in [1.165, 1.54) is 24.3 Å². The summed E-state index contributed by atoms with van der Waals surface area (Å²) in [6, 6.07) is 20.5. The zero-order chi connectivity index (χ0) is 23.4. The Labute approximate surface area is 193 Å². The van der Waals surface area contributed by atoms with Crippen LogP contribution in [0.1, 0.15) is 40.5 Å². The number of rotatable bonds is 4. The zero-order valence-electron chi connectivity index (χ0n) is 18.1. The molecule has 3 aromatic rings.